The summed E-state index contributed by atoms with van der Waals surface area (Å²) >= 11 is 1.70. The maximum absolute atomic E-state index is 12.8. The summed E-state index contributed by atoms with van der Waals surface area (Å²) in [6.07, 6.45) is 3.79. The summed E-state index contributed by atoms with van der Waals surface area (Å²) < 4.78 is 24.6. The van der Waals surface area contributed by atoms with E-state index in [0.717, 1.165) is 31.2 Å². The largest absolute Gasteiger partial charge is 0.331 e. The molecule has 0 radical (unpaired) electrons. The van der Waals surface area contributed by atoms with Gasteiger partial charge in [0, 0.05) is 23.5 Å². The number of thiophene rings is 1. The molecule has 2 heterocycles. The van der Waals surface area contributed by atoms with Gasteiger partial charge in [-0.15, -0.1) is 11.3 Å². The Balaban J connectivity index is 1.64. The van der Waals surface area contributed by atoms with Crippen molar-refractivity contribution in [3.05, 3.63) is 57.8 Å². The van der Waals surface area contributed by atoms with E-state index in [1.807, 2.05) is 35.2 Å². The quantitative estimate of drug-likeness (QED) is 0.840. The summed E-state index contributed by atoms with van der Waals surface area (Å²) in [6.45, 7) is 1.15. The van der Waals surface area contributed by atoms with Gasteiger partial charge in [0.25, 0.3) is 5.91 Å². The summed E-state index contributed by atoms with van der Waals surface area (Å²) in [6, 6.07) is 11.8. The maximum Gasteiger partial charge on any atom is 0.254 e. The minimum atomic E-state index is -3.16. The number of nitrogens with one attached hydrogen (secondary N) is 1. The number of likely N-dealkylation sites (tertiary alicyclic amines) is 1. The van der Waals surface area contributed by atoms with E-state index in [1.165, 1.54) is 4.88 Å². The highest BCUT2D eigenvalue weighted by molar-refractivity contribution is 7.88. The van der Waals surface area contributed by atoms with E-state index >= 15 is 0 Å². The summed E-state index contributed by atoms with van der Waals surface area (Å²) in [5, 5.41) is 2.05. The minimum Gasteiger partial charge on any atom is -0.331 e. The molecule has 1 fully saturated rings. The number of amides is 1. The summed E-state index contributed by atoms with van der Waals surface area (Å²) in [4.78, 5) is 16.1. The topological polar surface area (TPSA) is 66.5 Å². The zero-order valence-electron chi connectivity index (χ0n) is 14.1. The molecule has 1 amide bonds. The predicted molar refractivity (Wildman–Crippen MR) is 100 cm³/mol. The van der Waals surface area contributed by atoms with Gasteiger partial charge in [0.15, 0.2) is 0 Å². The van der Waals surface area contributed by atoms with Crippen LogP contribution in [-0.4, -0.2) is 38.6 Å². The molecule has 1 N–H and O–H groups in total. The number of benzene rings is 1. The lowest BCUT2D eigenvalue weighted by Crippen LogP contribution is -2.30. The van der Waals surface area contributed by atoms with E-state index < -0.39 is 10.0 Å². The Kier molecular flexibility index (Phi) is 5.56. The van der Waals surface area contributed by atoms with Crippen LogP contribution in [0.4, 0.5) is 0 Å². The zero-order chi connectivity index (χ0) is 17.9. The number of carbonyl (C=O) groups excluding carboxylic acids is 1. The van der Waals surface area contributed by atoms with Crippen LogP contribution in [0.3, 0.4) is 0 Å². The maximum atomic E-state index is 12.8. The van der Waals surface area contributed by atoms with Gasteiger partial charge in [0.1, 0.15) is 0 Å². The molecule has 1 aliphatic heterocycles. The molecule has 0 spiro atoms. The van der Waals surface area contributed by atoms with Crippen LogP contribution in [0, 0.1) is 0 Å². The number of carbonyl (C=O) groups is 1. The second-order valence-electron chi connectivity index (χ2n) is 6.29. The Hall–Kier alpha value is -1.70. The molecule has 3 rings (SSSR count). The zero-order valence-corrected chi connectivity index (χ0v) is 15.8. The fourth-order valence-corrected chi connectivity index (χ4v) is 4.49. The molecule has 1 unspecified atom stereocenters. The van der Waals surface area contributed by atoms with Gasteiger partial charge in [0.2, 0.25) is 10.0 Å². The SMILES string of the molecule is CS(=O)(=O)NCCc1ccc(C(=O)N2CCCC2c2cccs2)cc1. The lowest BCUT2D eigenvalue weighted by atomic mass is 10.1. The van der Waals surface area contributed by atoms with Crippen molar-refractivity contribution in [1.82, 2.24) is 9.62 Å². The average molecular weight is 379 g/mol. The van der Waals surface area contributed by atoms with E-state index in [-0.39, 0.29) is 11.9 Å². The highest BCUT2D eigenvalue weighted by atomic mass is 32.2. The molecule has 2 aromatic rings. The van der Waals surface area contributed by atoms with E-state index in [2.05, 4.69) is 16.2 Å². The van der Waals surface area contributed by atoms with Crippen LogP contribution in [0.5, 0.6) is 0 Å². The molecule has 134 valence electrons. The van der Waals surface area contributed by atoms with Gasteiger partial charge in [-0.1, -0.05) is 18.2 Å². The molecule has 25 heavy (non-hydrogen) atoms. The normalized spacial score (nSPS) is 17.8. The Morgan fingerprint density at radius 2 is 2.04 bits per heavy atom. The van der Waals surface area contributed by atoms with Crippen molar-refractivity contribution in [1.29, 1.82) is 0 Å². The standard InChI is InChI=1S/C18H22N2O3S2/c1-25(22,23)19-11-10-14-6-8-15(9-7-14)18(21)20-12-2-4-16(20)17-5-3-13-24-17/h3,5-9,13,16,19H,2,4,10-12H2,1H3. The number of sulfonamides is 1. The van der Waals surface area contributed by atoms with E-state index in [1.54, 1.807) is 11.3 Å². The first-order valence-electron chi connectivity index (χ1n) is 8.32. The van der Waals surface area contributed by atoms with Crippen LogP contribution in [0.15, 0.2) is 41.8 Å². The monoisotopic (exact) mass is 378 g/mol. The first-order chi connectivity index (χ1) is 11.9. The van der Waals surface area contributed by atoms with Gasteiger partial charge in [-0.2, -0.15) is 0 Å². The Bertz CT molecular complexity index is 815. The second kappa shape index (κ2) is 7.68. The third-order valence-corrected chi connectivity index (χ3v) is 6.07. The van der Waals surface area contributed by atoms with Crippen molar-refractivity contribution >= 4 is 27.3 Å². The van der Waals surface area contributed by atoms with Gasteiger partial charge in [-0.25, -0.2) is 13.1 Å². The smallest absolute Gasteiger partial charge is 0.254 e. The number of rotatable bonds is 6. The first kappa shape index (κ1) is 18.1. The lowest BCUT2D eigenvalue weighted by molar-refractivity contribution is 0.0738. The van der Waals surface area contributed by atoms with Crippen molar-refractivity contribution in [3.63, 3.8) is 0 Å². The molecule has 5 nitrogen and oxygen atoms in total. The number of hydrogen-bond acceptors (Lipinski definition) is 4. The fraction of sp³-hybridized carbons (Fsp3) is 0.389. The van der Waals surface area contributed by atoms with Crippen LogP contribution in [0.2, 0.25) is 0 Å². The van der Waals surface area contributed by atoms with Crippen molar-refractivity contribution in [2.24, 2.45) is 0 Å². The van der Waals surface area contributed by atoms with Crippen molar-refractivity contribution < 1.29 is 13.2 Å². The number of hydrogen-bond donors (Lipinski definition) is 1. The molecule has 1 aromatic heterocycles. The molecule has 0 saturated carbocycles. The first-order valence-corrected chi connectivity index (χ1v) is 11.1. The molecule has 1 aromatic carbocycles. The minimum absolute atomic E-state index is 0.0664. The van der Waals surface area contributed by atoms with Gasteiger partial charge < -0.3 is 4.90 Å². The summed E-state index contributed by atoms with van der Waals surface area (Å²) in [7, 11) is -3.16. The van der Waals surface area contributed by atoms with E-state index in [9.17, 15) is 13.2 Å². The number of nitrogens with zero attached hydrogens (tertiary/aromatic N) is 1. The summed E-state index contributed by atoms with van der Waals surface area (Å²) in [5.74, 6) is 0.0664. The highest BCUT2D eigenvalue weighted by Crippen LogP contribution is 2.35. The average Bonchev–Trinajstić information content (AvgIpc) is 3.24. The van der Waals surface area contributed by atoms with Crippen LogP contribution in [0.25, 0.3) is 0 Å². The van der Waals surface area contributed by atoms with Crippen molar-refractivity contribution in [2.45, 2.75) is 25.3 Å². The fourth-order valence-electron chi connectivity index (χ4n) is 3.15. The Labute approximate surface area is 152 Å². The molecule has 1 saturated heterocycles. The lowest BCUT2D eigenvalue weighted by Gasteiger charge is -2.24. The predicted octanol–water partition coefficient (Wildman–Crippen LogP) is 2.82. The molecule has 7 heteroatoms. The van der Waals surface area contributed by atoms with E-state index in [0.29, 0.717) is 18.5 Å². The van der Waals surface area contributed by atoms with Crippen LogP contribution < -0.4 is 4.72 Å². The molecule has 0 bridgehead atoms. The molecule has 1 atom stereocenters. The van der Waals surface area contributed by atoms with Crippen LogP contribution >= 0.6 is 11.3 Å². The third-order valence-electron chi connectivity index (χ3n) is 4.36. The molecular weight excluding hydrogens is 356 g/mol. The van der Waals surface area contributed by atoms with Crippen molar-refractivity contribution in [3.8, 4) is 0 Å². The van der Waals surface area contributed by atoms with Gasteiger partial charge in [-0.3, -0.25) is 4.79 Å². The Morgan fingerprint density at radius 3 is 2.68 bits per heavy atom. The summed E-state index contributed by atoms with van der Waals surface area (Å²) in [5.41, 5.74) is 1.69. The Morgan fingerprint density at radius 1 is 1.28 bits per heavy atom. The van der Waals surface area contributed by atoms with Gasteiger partial charge in [-0.05, 0) is 48.4 Å². The highest BCUT2D eigenvalue weighted by Gasteiger charge is 2.31. The molecular formula is C18H22N2O3S2. The molecule has 0 aliphatic carbocycles. The van der Waals surface area contributed by atoms with Crippen molar-refractivity contribution in [2.75, 3.05) is 19.3 Å². The van der Waals surface area contributed by atoms with E-state index in [4.69, 9.17) is 0 Å². The van der Waals surface area contributed by atoms with Gasteiger partial charge in [0.05, 0.1) is 12.3 Å². The second-order valence-corrected chi connectivity index (χ2v) is 9.10. The van der Waals surface area contributed by atoms with Crippen LogP contribution in [-0.2, 0) is 16.4 Å². The van der Waals surface area contributed by atoms with Gasteiger partial charge >= 0.3 is 0 Å². The third kappa shape index (κ3) is 4.68. The van der Waals surface area contributed by atoms with Crippen LogP contribution in [0.1, 0.15) is 39.7 Å². The molecule has 1 aliphatic rings.